The third-order valence-corrected chi connectivity index (χ3v) is 6.03. The molecule has 0 atom stereocenters. The van der Waals surface area contributed by atoms with Crippen LogP contribution in [0.1, 0.15) is 46.1 Å². The van der Waals surface area contributed by atoms with Crippen molar-refractivity contribution in [3.8, 4) is 0 Å². The Morgan fingerprint density at radius 2 is 2.10 bits per heavy atom. The predicted octanol–water partition coefficient (Wildman–Crippen LogP) is 4.24. The number of nitrogens with zero attached hydrogens (tertiary/aromatic N) is 1. The molecule has 1 aliphatic rings. The van der Waals surface area contributed by atoms with Crippen molar-refractivity contribution in [1.29, 1.82) is 0 Å². The number of nitro benzene ring substituents is 1. The summed E-state index contributed by atoms with van der Waals surface area (Å²) in [7, 11) is 0. The molecule has 10 heteroatoms. The number of nitrogens with one attached hydrogen (secondary N) is 2. The van der Waals surface area contributed by atoms with E-state index >= 15 is 0 Å². The summed E-state index contributed by atoms with van der Waals surface area (Å²) in [5, 5.41) is 17.0. The van der Waals surface area contributed by atoms with E-state index in [4.69, 9.17) is 17.0 Å². The van der Waals surface area contributed by atoms with Crippen LogP contribution >= 0.6 is 23.6 Å². The molecular formula is C21H21N3O5S2. The zero-order valence-corrected chi connectivity index (χ0v) is 18.4. The van der Waals surface area contributed by atoms with Gasteiger partial charge in [-0.15, -0.1) is 11.3 Å². The van der Waals surface area contributed by atoms with Crippen molar-refractivity contribution in [2.45, 2.75) is 32.6 Å². The van der Waals surface area contributed by atoms with E-state index in [0.717, 1.165) is 36.1 Å². The monoisotopic (exact) mass is 459 g/mol. The van der Waals surface area contributed by atoms with Crippen LogP contribution in [0.3, 0.4) is 0 Å². The fourth-order valence-electron chi connectivity index (χ4n) is 3.28. The summed E-state index contributed by atoms with van der Waals surface area (Å²) in [6.45, 7) is 2.02. The van der Waals surface area contributed by atoms with Crippen molar-refractivity contribution in [2.24, 2.45) is 0 Å². The van der Waals surface area contributed by atoms with E-state index in [1.165, 1.54) is 41.7 Å². The van der Waals surface area contributed by atoms with Gasteiger partial charge in [0.05, 0.1) is 17.1 Å². The Morgan fingerprint density at radius 1 is 1.32 bits per heavy atom. The molecule has 0 bridgehead atoms. The first kappa shape index (κ1) is 22.6. The van der Waals surface area contributed by atoms with Gasteiger partial charge < -0.3 is 10.1 Å². The van der Waals surface area contributed by atoms with Crippen LogP contribution in [0, 0.1) is 10.1 Å². The highest BCUT2D eigenvalue weighted by molar-refractivity contribution is 7.80. The van der Waals surface area contributed by atoms with E-state index in [0.29, 0.717) is 16.1 Å². The van der Waals surface area contributed by atoms with Crippen molar-refractivity contribution in [1.82, 2.24) is 5.32 Å². The predicted molar refractivity (Wildman–Crippen MR) is 123 cm³/mol. The lowest BCUT2D eigenvalue weighted by atomic mass is 9.95. The molecule has 8 nitrogen and oxygen atoms in total. The summed E-state index contributed by atoms with van der Waals surface area (Å²) >= 11 is 6.69. The second-order valence-electron chi connectivity index (χ2n) is 6.76. The van der Waals surface area contributed by atoms with Gasteiger partial charge in [0.25, 0.3) is 5.69 Å². The van der Waals surface area contributed by atoms with Crippen molar-refractivity contribution in [2.75, 3.05) is 11.9 Å². The molecule has 0 aliphatic heterocycles. The summed E-state index contributed by atoms with van der Waals surface area (Å²) < 4.78 is 5.21. The van der Waals surface area contributed by atoms with Gasteiger partial charge in [-0.25, -0.2) is 4.79 Å². The largest absolute Gasteiger partial charge is 0.462 e. The lowest BCUT2D eigenvalue weighted by molar-refractivity contribution is -0.384. The van der Waals surface area contributed by atoms with E-state index in [1.807, 2.05) is 0 Å². The second-order valence-corrected chi connectivity index (χ2v) is 8.28. The number of fused-ring (bicyclic) bond motifs is 1. The van der Waals surface area contributed by atoms with E-state index < -0.39 is 16.8 Å². The molecule has 0 unspecified atom stereocenters. The number of aryl methyl sites for hydroxylation is 1. The number of rotatable bonds is 6. The zero-order valence-electron chi connectivity index (χ0n) is 16.8. The number of nitro groups is 1. The number of anilines is 1. The first-order chi connectivity index (χ1) is 14.9. The number of thiophene rings is 1. The Morgan fingerprint density at radius 3 is 2.84 bits per heavy atom. The summed E-state index contributed by atoms with van der Waals surface area (Å²) in [4.78, 5) is 36.2. The molecule has 0 fully saturated rings. The number of benzene rings is 1. The van der Waals surface area contributed by atoms with E-state index in [-0.39, 0.29) is 17.4 Å². The number of carbonyl (C=O) groups is 2. The van der Waals surface area contributed by atoms with Gasteiger partial charge in [0.15, 0.2) is 5.11 Å². The number of hydrogen-bond acceptors (Lipinski definition) is 7. The maximum Gasteiger partial charge on any atom is 0.341 e. The van der Waals surface area contributed by atoms with E-state index in [9.17, 15) is 19.7 Å². The smallest absolute Gasteiger partial charge is 0.341 e. The van der Waals surface area contributed by atoms with Gasteiger partial charge in [-0.05, 0) is 62.0 Å². The molecule has 0 saturated heterocycles. The van der Waals surface area contributed by atoms with Crippen molar-refractivity contribution < 1.29 is 19.2 Å². The normalized spacial score (nSPS) is 12.8. The molecule has 0 radical (unpaired) electrons. The molecule has 1 aliphatic carbocycles. The highest BCUT2D eigenvalue weighted by Crippen LogP contribution is 2.38. The zero-order chi connectivity index (χ0) is 22.4. The number of esters is 1. The number of amides is 1. The third kappa shape index (κ3) is 5.74. The molecule has 2 aromatic rings. The summed E-state index contributed by atoms with van der Waals surface area (Å²) in [5.41, 5.74) is 1.94. The van der Waals surface area contributed by atoms with Gasteiger partial charge in [-0.1, -0.05) is 12.1 Å². The number of carbonyl (C=O) groups excluding carboxylic acids is 2. The van der Waals surface area contributed by atoms with E-state index in [1.54, 1.807) is 13.0 Å². The minimum Gasteiger partial charge on any atom is -0.462 e. The molecule has 0 saturated carbocycles. The fraction of sp³-hybridized carbons (Fsp3) is 0.286. The Hall–Kier alpha value is -3.11. The van der Waals surface area contributed by atoms with Gasteiger partial charge >= 0.3 is 5.97 Å². The Balaban J connectivity index is 1.68. The van der Waals surface area contributed by atoms with Crippen LogP contribution in [0.2, 0.25) is 0 Å². The lowest BCUT2D eigenvalue weighted by Gasteiger charge is -2.12. The highest BCUT2D eigenvalue weighted by atomic mass is 32.1. The average molecular weight is 460 g/mol. The summed E-state index contributed by atoms with van der Waals surface area (Å²) in [6.07, 6.45) is 6.49. The average Bonchev–Trinajstić information content (AvgIpc) is 3.10. The number of non-ortho nitro benzene ring substituents is 1. The topological polar surface area (TPSA) is 111 Å². The minimum atomic E-state index is -0.502. The van der Waals surface area contributed by atoms with Gasteiger partial charge in [-0.3, -0.25) is 20.2 Å². The number of thiocarbonyl (C=S) groups is 1. The minimum absolute atomic E-state index is 0.0536. The van der Waals surface area contributed by atoms with Crippen LogP contribution in [0.5, 0.6) is 0 Å². The van der Waals surface area contributed by atoms with Crippen LogP contribution < -0.4 is 10.6 Å². The van der Waals surface area contributed by atoms with Crippen LogP contribution in [0.4, 0.5) is 10.7 Å². The molecule has 1 aromatic heterocycles. The Bertz CT molecular complexity index is 1060. The van der Waals surface area contributed by atoms with Gasteiger partial charge in [-0.2, -0.15) is 0 Å². The van der Waals surface area contributed by atoms with Crippen LogP contribution in [-0.2, 0) is 22.4 Å². The number of ether oxygens (including phenoxy) is 1. The maximum absolute atomic E-state index is 12.5. The molecule has 31 heavy (non-hydrogen) atoms. The molecule has 3 rings (SSSR count). The quantitative estimate of drug-likeness (QED) is 0.219. The Kier molecular flexibility index (Phi) is 7.48. The van der Waals surface area contributed by atoms with Gasteiger partial charge in [0.1, 0.15) is 5.00 Å². The number of hydrogen-bond donors (Lipinski definition) is 2. The third-order valence-electron chi connectivity index (χ3n) is 4.62. The van der Waals surface area contributed by atoms with Gasteiger partial charge in [0.2, 0.25) is 5.91 Å². The van der Waals surface area contributed by atoms with Crippen LogP contribution in [-0.4, -0.2) is 28.5 Å². The second kappa shape index (κ2) is 10.3. The molecule has 1 amide bonds. The lowest BCUT2D eigenvalue weighted by Crippen LogP contribution is -2.33. The molecule has 2 N–H and O–H groups in total. The van der Waals surface area contributed by atoms with Crippen molar-refractivity contribution in [3.63, 3.8) is 0 Å². The summed E-state index contributed by atoms with van der Waals surface area (Å²) in [5.74, 6) is -0.896. The Labute approximate surface area is 188 Å². The molecule has 0 spiro atoms. The highest BCUT2D eigenvalue weighted by Gasteiger charge is 2.26. The maximum atomic E-state index is 12.5. The molecular weight excluding hydrogens is 438 g/mol. The van der Waals surface area contributed by atoms with Crippen LogP contribution in [0.15, 0.2) is 30.3 Å². The van der Waals surface area contributed by atoms with Gasteiger partial charge in [0, 0.05) is 23.1 Å². The SMILES string of the molecule is CCOC(=O)c1c(NC(=S)NC(=O)/C=C/c2cccc([N+](=O)[O-])c2)sc2c1CCCC2. The first-order valence-electron chi connectivity index (χ1n) is 9.75. The molecule has 1 aromatic carbocycles. The van der Waals surface area contributed by atoms with Crippen LogP contribution in [0.25, 0.3) is 6.08 Å². The van der Waals surface area contributed by atoms with Crippen molar-refractivity contribution in [3.05, 3.63) is 62.0 Å². The molecule has 162 valence electrons. The van der Waals surface area contributed by atoms with Crippen molar-refractivity contribution >= 4 is 57.3 Å². The molecule has 1 heterocycles. The standard InChI is InChI=1S/C21H21N3O5S2/c1-2-29-20(26)18-15-8-3-4-9-16(15)31-19(18)23-21(30)22-17(25)11-10-13-6-5-7-14(12-13)24(27)28/h5-7,10-12H,2-4,8-9H2,1H3,(H2,22,23,25,30)/b11-10+. The first-order valence-corrected chi connectivity index (χ1v) is 11.0. The fourth-order valence-corrected chi connectivity index (χ4v) is 4.82. The summed E-state index contributed by atoms with van der Waals surface area (Å²) in [6, 6.07) is 5.92. The van der Waals surface area contributed by atoms with E-state index in [2.05, 4.69) is 10.6 Å².